The van der Waals surface area contributed by atoms with Crippen molar-refractivity contribution in [2.24, 2.45) is 10.7 Å². The number of hydrogen-bond acceptors (Lipinski definition) is 10. The molecule has 0 aliphatic carbocycles. The number of nitrogen functional groups attached to an aromatic ring is 2. The van der Waals surface area contributed by atoms with Gasteiger partial charge in [-0.05, 0) is 69.7 Å². The van der Waals surface area contributed by atoms with E-state index in [1.807, 2.05) is 19.1 Å². The molecular formula is C26H39ClN8O4. The minimum atomic E-state index is -0.656. The highest BCUT2D eigenvalue weighted by atomic mass is 35.5. The third-order valence-corrected chi connectivity index (χ3v) is 6.30. The van der Waals surface area contributed by atoms with Crippen molar-refractivity contribution in [1.82, 2.24) is 20.6 Å². The van der Waals surface area contributed by atoms with Crippen molar-refractivity contribution in [3.8, 4) is 5.75 Å². The van der Waals surface area contributed by atoms with Crippen LogP contribution in [-0.2, 0) is 15.9 Å². The molecule has 2 heterocycles. The fourth-order valence-corrected chi connectivity index (χ4v) is 4.08. The minimum absolute atomic E-state index is 0.0337. The average Bonchev–Trinajstić information content (AvgIpc) is 3.33. The lowest BCUT2D eigenvalue weighted by Crippen LogP contribution is -2.38. The Kier molecular flexibility index (Phi) is 12.5. The van der Waals surface area contributed by atoms with Crippen LogP contribution in [0.15, 0.2) is 29.3 Å². The molecule has 1 aliphatic rings. The second-order valence-corrected chi connectivity index (χ2v) is 9.57. The summed E-state index contributed by atoms with van der Waals surface area (Å²) in [5.41, 5.74) is 18.0. The smallest absolute Gasteiger partial charge is 0.280 e. The first-order valence-corrected chi connectivity index (χ1v) is 13.6. The second-order valence-electron chi connectivity index (χ2n) is 9.21. The van der Waals surface area contributed by atoms with Crippen LogP contribution in [0.1, 0.15) is 55.1 Å². The summed E-state index contributed by atoms with van der Waals surface area (Å²) in [5, 5.41) is 5.73. The van der Waals surface area contributed by atoms with E-state index in [0.717, 1.165) is 57.4 Å². The Morgan fingerprint density at radius 3 is 2.67 bits per heavy atom. The molecule has 3 rings (SSSR count). The van der Waals surface area contributed by atoms with Crippen LogP contribution in [0.4, 0.5) is 11.6 Å². The van der Waals surface area contributed by atoms with Gasteiger partial charge in [-0.3, -0.25) is 15.1 Å². The highest BCUT2D eigenvalue weighted by Crippen LogP contribution is 2.18. The minimum Gasteiger partial charge on any atom is -0.492 e. The number of nitrogens with zero attached hydrogens (tertiary/aromatic N) is 3. The van der Waals surface area contributed by atoms with Crippen molar-refractivity contribution < 1.29 is 19.0 Å². The van der Waals surface area contributed by atoms with Gasteiger partial charge in [0.05, 0.1) is 12.7 Å². The molecule has 2 aromatic rings. The van der Waals surface area contributed by atoms with Crippen molar-refractivity contribution in [3.05, 3.63) is 40.7 Å². The first-order valence-electron chi connectivity index (χ1n) is 13.2. The van der Waals surface area contributed by atoms with E-state index in [1.165, 1.54) is 5.56 Å². The number of nitrogens with two attached hydrogens (primary N) is 3. The van der Waals surface area contributed by atoms with Gasteiger partial charge < -0.3 is 36.7 Å². The van der Waals surface area contributed by atoms with E-state index in [0.29, 0.717) is 19.8 Å². The number of unbranched alkanes of at least 4 members (excludes halogenated alkanes) is 2. The third-order valence-electron chi connectivity index (χ3n) is 6.02. The van der Waals surface area contributed by atoms with Crippen LogP contribution in [0.2, 0.25) is 5.15 Å². The molecule has 2 unspecified atom stereocenters. The van der Waals surface area contributed by atoms with Crippen LogP contribution < -0.4 is 32.6 Å². The van der Waals surface area contributed by atoms with Gasteiger partial charge in [0.2, 0.25) is 0 Å². The number of nitrogens with one attached hydrogen (secondary N) is 2. The van der Waals surface area contributed by atoms with Gasteiger partial charge in [-0.1, -0.05) is 23.7 Å². The summed E-state index contributed by atoms with van der Waals surface area (Å²) in [5.74, 6) is -0.0296. The molecular weight excluding hydrogens is 524 g/mol. The number of benzene rings is 1. The molecule has 39 heavy (non-hydrogen) atoms. The molecule has 0 spiro atoms. The molecule has 214 valence electrons. The Morgan fingerprint density at radius 1 is 1.13 bits per heavy atom. The third kappa shape index (κ3) is 10.8. The molecule has 1 fully saturated rings. The van der Waals surface area contributed by atoms with E-state index >= 15 is 0 Å². The normalized spacial score (nSPS) is 17.3. The topological polar surface area (TPSA) is 185 Å². The predicted molar refractivity (Wildman–Crippen MR) is 152 cm³/mol. The molecule has 1 amide bonds. The molecule has 2 atom stereocenters. The largest absolute Gasteiger partial charge is 0.492 e. The maximum absolute atomic E-state index is 12.3. The van der Waals surface area contributed by atoms with Crippen molar-refractivity contribution >= 4 is 35.1 Å². The Balaban J connectivity index is 1.22. The molecule has 1 aliphatic heterocycles. The van der Waals surface area contributed by atoms with Crippen LogP contribution in [-0.4, -0.2) is 67.1 Å². The van der Waals surface area contributed by atoms with E-state index in [-0.39, 0.29) is 40.8 Å². The number of carbonyl (C=O) groups excluding carboxylic acids is 1. The lowest BCUT2D eigenvalue weighted by atomic mass is 10.1. The number of ether oxygens (including phenoxy) is 3. The van der Waals surface area contributed by atoms with Crippen molar-refractivity contribution in [2.45, 2.75) is 57.8 Å². The predicted octanol–water partition coefficient (Wildman–Crippen LogP) is 2.26. The van der Waals surface area contributed by atoms with E-state index < -0.39 is 5.91 Å². The zero-order chi connectivity index (χ0) is 28.0. The summed E-state index contributed by atoms with van der Waals surface area (Å²) < 4.78 is 16.9. The maximum Gasteiger partial charge on any atom is 0.280 e. The summed E-state index contributed by atoms with van der Waals surface area (Å²) in [6.07, 6.45) is 6.08. The van der Waals surface area contributed by atoms with Crippen molar-refractivity contribution in [2.75, 3.05) is 44.3 Å². The van der Waals surface area contributed by atoms with Gasteiger partial charge in [0.15, 0.2) is 34.7 Å². The summed E-state index contributed by atoms with van der Waals surface area (Å²) in [7, 11) is 0. The molecule has 0 radical (unpaired) electrons. The average molecular weight is 563 g/mol. The zero-order valence-corrected chi connectivity index (χ0v) is 23.1. The van der Waals surface area contributed by atoms with Gasteiger partial charge in [-0.25, -0.2) is 9.97 Å². The number of halogens is 1. The number of anilines is 2. The maximum atomic E-state index is 12.3. The van der Waals surface area contributed by atoms with E-state index in [4.69, 9.17) is 43.0 Å². The Morgan fingerprint density at radius 2 is 1.92 bits per heavy atom. The number of aliphatic imine (C=N–C) groups is 1. The molecule has 1 aromatic carbocycles. The summed E-state index contributed by atoms with van der Waals surface area (Å²) in [6, 6.07) is 8.12. The Bertz CT molecular complexity index is 1090. The first-order chi connectivity index (χ1) is 18.8. The van der Waals surface area contributed by atoms with Gasteiger partial charge in [-0.2, -0.15) is 0 Å². The highest BCUT2D eigenvalue weighted by Gasteiger charge is 2.21. The molecule has 8 N–H and O–H groups in total. The number of aromatic nitrogens is 2. The van der Waals surface area contributed by atoms with Crippen LogP contribution in [0, 0.1) is 0 Å². The lowest BCUT2D eigenvalue weighted by molar-refractivity contribution is -0.0434. The fourth-order valence-electron chi connectivity index (χ4n) is 3.95. The molecule has 13 heteroatoms. The van der Waals surface area contributed by atoms with Gasteiger partial charge in [0.1, 0.15) is 12.4 Å². The molecule has 1 aromatic heterocycles. The van der Waals surface area contributed by atoms with Crippen LogP contribution in [0.5, 0.6) is 5.75 Å². The molecule has 12 nitrogen and oxygen atoms in total. The molecule has 0 bridgehead atoms. The number of amides is 1. The number of carbonyl (C=O) groups is 1. The van der Waals surface area contributed by atoms with Crippen LogP contribution in [0.25, 0.3) is 0 Å². The molecule has 0 saturated carbocycles. The number of rotatable bonds is 15. The van der Waals surface area contributed by atoms with E-state index in [9.17, 15) is 4.79 Å². The Hall–Kier alpha value is -3.19. The SMILES string of the molecule is CC1OCC(CCCCNCCOc2ccc(CCCCN=C(N)NC(=O)c3nc(Cl)c(N)nc3N)cc2)O1. The van der Waals surface area contributed by atoms with E-state index in [2.05, 4.69) is 37.7 Å². The quantitative estimate of drug-likeness (QED) is 0.122. The van der Waals surface area contributed by atoms with Crippen LogP contribution >= 0.6 is 11.6 Å². The summed E-state index contributed by atoms with van der Waals surface area (Å²) in [4.78, 5) is 24.0. The van der Waals surface area contributed by atoms with Crippen molar-refractivity contribution in [3.63, 3.8) is 0 Å². The van der Waals surface area contributed by atoms with Gasteiger partial charge in [-0.15, -0.1) is 0 Å². The van der Waals surface area contributed by atoms with E-state index in [1.54, 1.807) is 0 Å². The number of aryl methyl sites for hydroxylation is 1. The Labute approximate surface area is 234 Å². The first kappa shape index (κ1) is 30.4. The standard InChI is InChI=1S/C26H39ClN8O4/c1-17-38-16-20(39-17)7-3-4-12-31-14-15-37-19-10-8-18(9-11-19)6-2-5-13-32-26(30)35-25(36)21-23(28)34-24(29)22(27)33-21/h8-11,17,20,31H,2-7,12-16H2,1H3,(H4,28,29,34)(H3,30,32,35,36). The summed E-state index contributed by atoms with van der Waals surface area (Å²) >= 11 is 5.80. The van der Waals surface area contributed by atoms with Gasteiger partial charge in [0.25, 0.3) is 5.91 Å². The monoisotopic (exact) mass is 562 g/mol. The van der Waals surface area contributed by atoms with Gasteiger partial charge >= 0.3 is 0 Å². The highest BCUT2D eigenvalue weighted by molar-refractivity contribution is 6.31. The number of hydrogen-bond donors (Lipinski definition) is 5. The second kappa shape index (κ2) is 16.0. The molecule has 1 saturated heterocycles. The number of guanidine groups is 1. The van der Waals surface area contributed by atoms with Crippen LogP contribution in [0.3, 0.4) is 0 Å². The van der Waals surface area contributed by atoms with Crippen molar-refractivity contribution in [1.29, 1.82) is 0 Å². The zero-order valence-electron chi connectivity index (χ0n) is 22.3. The fraction of sp³-hybridized carbons (Fsp3) is 0.538. The summed E-state index contributed by atoms with van der Waals surface area (Å²) in [6.45, 7) is 5.51. The lowest BCUT2D eigenvalue weighted by Gasteiger charge is -2.10. The van der Waals surface area contributed by atoms with Gasteiger partial charge in [0, 0.05) is 13.1 Å².